The highest BCUT2D eigenvalue weighted by atomic mass is 35.5. The first kappa shape index (κ1) is 15.1. The summed E-state index contributed by atoms with van der Waals surface area (Å²) in [6.07, 6.45) is 2.27. The Bertz CT molecular complexity index is 487. The summed E-state index contributed by atoms with van der Waals surface area (Å²) in [4.78, 5) is 12.9. The molecule has 0 spiro atoms. The van der Waals surface area contributed by atoms with Crippen molar-refractivity contribution in [3.8, 4) is 0 Å². The number of nitro benzene ring substituents is 1. The molecule has 0 aromatic heterocycles. The number of benzene rings is 1. The van der Waals surface area contributed by atoms with Gasteiger partial charge in [-0.3, -0.25) is 10.1 Å². The molecule has 6 heteroatoms. The number of nitrogens with zero attached hydrogens (tertiary/aromatic N) is 2. The second-order valence-electron chi connectivity index (χ2n) is 5.43. The summed E-state index contributed by atoms with van der Waals surface area (Å²) in [5.74, 6) is 0. The van der Waals surface area contributed by atoms with Gasteiger partial charge in [0.05, 0.1) is 4.92 Å². The summed E-state index contributed by atoms with van der Waals surface area (Å²) in [7, 11) is 0. The topological polar surface area (TPSA) is 58.4 Å². The van der Waals surface area contributed by atoms with E-state index < -0.39 is 0 Å². The number of anilines is 1. The Morgan fingerprint density at radius 1 is 1.55 bits per heavy atom. The monoisotopic (exact) mass is 297 g/mol. The zero-order chi connectivity index (χ0) is 14.7. The zero-order valence-electron chi connectivity index (χ0n) is 11.8. The lowest BCUT2D eigenvalue weighted by Gasteiger charge is -2.31. The molecule has 0 saturated carbocycles. The van der Waals surface area contributed by atoms with Gasteiger partial charge in [-0.1, -0.05) is 11.6 Å². The molecule has 1 atom stereocenters. The van der Waals surface area contributed by atoms with E-state index >= 15 is 0 Å². The lowest BCUT2D eigenvalue weighted by Crippen LogP contribution is -2.41. The van der Waals surface area contributed by atoms with Crippen LogP contribution in [0.15, 0.2) is 18.2 Å². The molecular weight excluding hydrogens is 278 g/mol. The first-order valence-corrected chi connectivity index (χ1v) is 7.31. The maximum absolute atomic E-state index is 11.2. The molecule has 1 heterocycles. The van der Waals surface area contributed by atoms with Gasteiger partial charge in [-0.05, 0) is 45.4 Å². The summed E-state index contributed by atoms with van der Waals surface area (Å²) >= 11 is 6.02. The molecule has 0 amide bonds. The molecule has 110 valence electrons. The molecule has 5 nitrogen and oxygen atoms in total. The van der Waals surface area contributed by atoms with Crippen molar-refractivity contribution in [1.82, 2.24) is 5.32 Å². The smallest absolute Gasteiger partial charge is 0.292 e. The minimum atomic E-state index is -0.344. The summed E-state index contributed by atoms with van der Waals surface area (Å²) < 4.78 is 0. The van der Waals surface area contributed by atoms with Gasteiger partial charge in [0.1, 0.15) is 5.69 Å². The number of hydrogen-bond donors (Lipinski definition) is 1. The molecule has 1 unspecified atom stereocenters. The third-order valence-corrected chi connectivity index (χ3v) is 3.88. The quantitative estimate of drug-likeness (QED) is 0.670. The van der Waals surface area contributed by atoms with E-state index in [9.17, 15) is 10.1 Å². The molecular formula is C14H20ClN3O2. The van der Waals surface area contributed by atoms with Crippen LogP contribution in [-0.4, -0.2) is 30.1 Å². The van der Waals surface area contributed by atoms with Crippen LogP contribution in [0.1, 0.15) is 26.7 Å². The van der Waals surface area contributed by atoms with Crippen molar-refractivity contribution in [2.24, 2.45) is 0 Å². The Morgan fingerprint density at radius 2 is 2.30 bits per heavy atom. The fraction of sp³-hybridized carbons (Fsp3) is 0.571. The van der Waals surface area contributed by atoms with Gasteiger partial charge in [-0.25, -0.2) is 0 Å². The third kappa shape index (κ3) is 3.41. The number of halogens is 1. The first-order valence-electron chi connectivity index (χ1n) is 6.93. The zero-order valence-corrected chi connectivity index (χ0v) is 12.6. The van der Waals surface area contributed by atoms with E-state index in [0.717, 1.165) is 25.9 Å². The molecule has 0 bridgehead atoms. The molecule has 1 saturated heterocycles. The second kappa shape index (κ2) is 6.41. The van der Waals surface area contributed by atoms with Gasteiger partial charge in [0.25, 0.3) is 5.69 Å². The Kier molecular flexibility index (Phi) is 4.83. The molecule has 0 radical (unpaired) electrons. The van der Waals surface area contributed by atoms with Crippen LogP contribution in [-0.2, 0) is 0 Å². The fourth-order valence-electron chi connectivity index (χ4n) is 2.62. The molecule has 1 aromatic rings. The molecule has 1 aliphatic heterocycles. The standard InChI is InChI=1S/C14H20ClN3O2/c1-10(2)17(9-12-4-3-7-16-12)14-8-11(15)5-6-13(14)18(19)20/h5-6,8,10,12,16H,3-4,7,9H2,1-2H3. The van der Waals surface area contributed by atoms with Gasteiger partial charge in [0.15, 0.2) is 0 Å². The highest BCUT2D eigenvalue weighted by Crippen LogP contribution is 2.32. The van der Waals surface area contributed by atoms with Crippen LogP contribution in [0.3, 0.4) is 0 Å². The average Bonchev–Trinajstić information content (AvgIpc) is 2.87. The predicted molar refractivity (Wildman–Crippen MR) is 81.6 cm³/mol. The first-order chi connectivity index (χ1) is 9.49. The van der Waals surface area contributed by atoms with Crippen molar-refractivity contribution in [3.05, 3.63) is 33.3 Å². The van der Waals surface area contributed by atoms with E-state index in [-0.39, 0.29) is 16.7 Å². The van der Waals surface area contributed by atoms with Crippen molar-refractivity contribution < 1.29 is 4.92 Å². The highest BCUT2D eigenvalue weighted by molar-refractivity contribution is 6.31. The Hall–Kier alpha value is -1.33. The highest BCUT2D eigenvalue weighted by Gasteiger charge is 2.25. The normalized spacial score (nSPS) is 18.5. The molecule has 1 aliphatic rings. The summed E-state index contributed by atoms with van der Waals surface area (Å²) in [5, 5.41) is 15.2. The van der Waals surface area contributed by atoms with Crippen molar-refractivity contribution in [2.75, 3.05) is 18.0 Å². The van der Waals surface area contributed by atoms with Crippen molar-refractivity contribution in [3.63, 3.8) is 0 Å². The minimum Gasteiger partial charge on any atom is -0.362 e. The Labute approximate surface area is 124 Å². The largest absolute Gasteiger partial charge is 0.362 e. The van der Waals surface area contributed by atoms with Gasteiger partial charge in [0, 0.05) is 29.7 Å². The molecule has 1 aromatic carbocycles. The molecule has 0 aliphatic carbocycles. The van der Waals surface area contributed by atoms with E-state index in [0.29, 0.717) is 16.8 Å². The third-order valence-electron chi connectivity index (χ3n) is 3.65. The van der Waals surface area contributed by atoms with Crippen LogP contribution in [0.25, 0.3) is 0 Å². The lowest BCUT2D eigenvalue weighted by atomic mass is 10.1. The Morgan fingerprint density at radius 3 is 2.85 bits per heavy atom. The summed E-state index contributed by atoms with van der Waals surface area (Å²) in [5.41, 5.74) is 0.715. The van der Waals surface area contributed by atoms with Crippen molar-refractivity contribution in [2.45, 2.75) is 38.8 Å². The van der Waals surface area contributed by atoms with E-state index in [1.54, 1.807) is 12.1 Å². The van der Waals surface area contributed by atoms with Crippen LogP contribution in [0, 0.1) is 10.1 Å². The van der Waals surface area contributed by atoms with E-state index in [2.05, 4.69) is 10.2 Å². The van der Waals surface area contributed by atoms with Gasteiger partial charge in [-0.15, -0.1) is 0 Å². The number of rotatable bonds is 5. The van der Waals surface area contributed by atoms with Crippen LogP contribution in [0.2, 0.25) is 5.02 Å². The van der Waals surface area contributed by atoms with Crippen molar-refractivity contribution in [1.29, 1.82) is 0 Å². The predicted octanol–water partition coefficient (Wildman–Crippen LogP) is 3.22. The van der Waals surface area contributed by atoms with Gasteiger partial charge >= 0.3 is 0 Å². The Balaban J connectivity index is 2.32. The van der Waals surface area contributed by atoms with Gasteiger partial charge < -0.3 is 10.2 Å². The molecule has 20 heavy (non-hydrogen) atoms. The number of nitro groups is 1. The summed E-state index contributed by atoms with van der Waals surface area (Å²) in [6, 6.07) is 5.30. The number of nitrogens with one attached hydrogen (secondary N) is 1. The lowest BCUT2D eigenvalue weighted by molar-refractivity contribution is -0.384. The van der Waals surface area contributed by atoms with Crippen LogP contribution < -0.4 is 10.2 Å². The van der Waals surface area contributed by atoms with Crippen LogP contribution in [0.4, 0.5) is 11.4 Å². The van der Waals surface area contributed by atoms with Gasteiger partial charge in [-0.2, -0.15) is 0 Å². The maximum Gasteiger partial charge on any atom is 0.292 e. The van der Waals surface area contributed by atoms with Crippen LogP contribution in [0.5, 0.6) is 0 Å². The van der Waals surface area contributed by atoms with Crippen molar-refractivity contribution >= 4 is 23.0 Å². The summed E-state index contributed by atoms with van der Waals surface area (Å²) in [6.45, 7) is 5.87. The van der Waals surface area contributed by atoms with E-state index in [4.69, 9.17) is 11.6 Å². The average molecular weight is 298 g/mol. The SMILES string of the molecule is CC(C)N(CC1CCCN1)c1cc(Cl)ccc1[N+](=O)[O-]. The maximum atomic E-state index is 11.2. The molecule has 2 rings (SSSR count). The number of hydrogen-bond acceptors (Lipinski definition) is 4. The molecule has 1 fully saturated rings. The van der Waals surface area contributed by atoms with Crippen LogP contribution >= 0.6 is 11.6 Å². The fourth-order valence-corrected chi connectivity index (χ4v) is 2.78. The van der Waals surface area contributed by atoms with Gasteiger partial charge in [0.2, 0.25) is 0 Å². The van der Waals surface area contributed by atoms with E-state index in [1.807, 2.05) is 13.8 Å². The minimum absolute atomic E-state index is 0.112. The molecule has 1 N–H and O–H groups in total. The van der Waals surface area contributed by atoms with E-state index in [1.165, 1.54) is 6.07 Å². The second-order valence-corrected chi connectivity index (χ2v) is 5.87.